The maximum absolute atomic E-state index is 10.4. The lowest BCUT2D eigenvalue weighted by molar-refractivity contribution is 0.134. The summed E-state index contributed by atoms with van der Waals surface area (Å²) < 4.78 is 5.47. The van der Waals surface area contributed by atoms with Gasteiger partial charge in [0.1, 0.15) is 0 Å². The van der Waals surface area contributed by atoms with Crippen molar-refractivity contribution in [3.8, 4) is 0 Å². The molecule has 26 heavy (non-hydrogen) atoms. The summed E-state index contributed by atoms with van der Waals surface area (Å²) >= 11 is 0. The average Bonchev–Trinajstić information content (AvgIpc) is 2.66. The highest BCUT2D eigenvalue weighted by Crippen LogP contribution is 2.14. The van der Waals surface area contributed by atoms with Crippen LogP contribution >= 0.6 is 0 Å². The smallest absolute Gasteiger partial charge is 0.0810 e. The molecule has 0 aliphatic carbocycles. The number of rotatable bonds is 12. The molecule has 3 atom stereocenters. The van der Waals surface area contributed by atoms with E-state index in [1.54, 1.807) is 7.11 Å². The quantitative estimate of drug-likeness (QED) is 0.489. The van der Waals surface area contributed by atoms with Gasteiger partial charge >= 0.3 is 0 Å². The molecule has 0 spiro atoms. The third-order valence-electron chi connectivity index (χ3n) is 4.31. The summed E-state index contributed by atoms with van der Waals surface area (Å²) in [5, 5.41) is 10.4. The number of ether oxygens (including phenoxy) is 1. The molecule has 3 nitrogen and oxygen atoms in total. The van der Waals surface area contributed by atoms with Crippen LogP contribution in [0.25, 0.3) is 0 Å². The summed E-state index contributed by atoms with van der Waals surface area (Å²) in [6.07, 6.45) is 17.4. The van der Waals surface area contributed by atoms with E-state index in [0.29, 0.717) is 6.54 Å². The van der Waals surface area contributed by atoms with E-state index in [2.05, 4.69) is 12.7 Å². The molecule has 3 N–H and O–H groups in total. The van der Waals surface area contributed by atoms with Gasteiger partial charge < -0.3 is 15.6 Å². The molecular formula is C23H37NO2. The van der Waals surface area contributed by atoms with Crippen molar-refractivity contribution in [3.63, 3.8) is 0 Å². The lowest BCUT2D eigenvalue weighted by Crippen LogP contribution is -2.16. The second-order valence-electron chi connectivity index (χ2n) is 6.71. The van der Waals surface area contributed by atoms with E-state index in [0.717, 1.165) is 24.0 Å². The highest BCUT2D eigenvalue weighted by molar-refractivity contribution is 5.20. The van der Waals surface area contributed by atoms with Crippen molar-refractivity contribution < 1.29 is 9.84 Å². The summed E-state index contributed by atoms with van der Waals surface area (Å²) in [7, 11) is 1.72. The Balaban J connectivity index is 4.59. The summed E-state index contributed by atoms with van der Waals surface area (Å²) in [5.74, 6) is 0.0293. The number of aliphatic hydroxyl groups is 1. The van der Waals surface area contributed by atoms with E-state index in [1.807, 2.05) is 70.2 Å². The highest BCUT2D eigenvalue weighted by atomic mass is 16.5. The van der Waals surface area contributed by atoms with Crippen LogP contribution in [0.2, 0.25) is 0 Å². The van der Waals surface area contributed by atoms with Crippen LogP contribution < -0.4 is 5.73 Å². The van der Waals surface area contributed by atoms with Crippen molar-refractivity contribution in [2.75, 3.05) is 13.7 Å². The van der Waals surface area contributed by atoms with Gasteiger partial charge in [-0.1, -0.05) is 73.3 Å². The van der Waals surface area contributed by atoms with Gasteiger partial charge in [-0.05, 0) is 39.2 Å². The van der Waals surface area contributed by atoms with Gasteiger partial charge in [0.15, 0.2) is 0 Å². The van der Waals surface area contributed by atoms with E-state index in [9.17, 15) is 5.11 Å². The Morgan fingerprint density at radius 3 is 2.38 bits per heavy atom. The van der Waals surface area contributed by atoms with E-state index in [-0.39, 0.29) is 12.0 Å². The third-order valence-corrected chi connectivity index (χ3v) is 4.31. The van der Waals surface area contributed by atoms with E-state index in [1.165, 1.54) is 5.57 Å². The van der Waals surface area contributed by atoms with Crippen LogP contribution in [0.3, 0.4) is 0 Å². The normalized spacial score (nSPS) is 17.7. The average molecular weight is 360 g/mol. The SMILES string of the molecule is C=C/C(C)=C\CC[C@@H](/C=C/C=C/[C@H](C)[C@H](O)/C(C)=C/C=C(\C)CN)OC. The van der Waals surface area contributed by atoms with Crippen molar-refractivity contribution >= 4 is 0 Å². The molecule has 0 rings (SSSR count). The Kier molecular flexibility index (Phi) is 13.5. The van der Waals surface area contributed by atoms with Gasteiger partial charge in [0.25, 0.3) is 0 Å². The molecule has 0 aliphatic heterocycles. The molecule has 0 radical (unpaired) electrons. The van der Waals surface area contributed by atoms with Crippen LogP contribution in [0.15, 0.2) is 71.9 Å². The Morgan fingerprint density at radius 2 is 1.81 bits per heavy atom. The second kappa shape index (κ2) is 14.5. The number of hydrogen-bond acceptors (Lipinski definition) is 3. The Bertz CT molecular complexity index is 553. The zero-order valence-corrected chi connectivity index (χ0v) is 17.1. The summed E-state index contributed by atoms with van der Waals surface area (Å²) in [4.78, 5) is 0. The fourth-order valence-corrected chi connectivity index (χ4v) is 2.24. The monoisotopic (exact) mass is 359 g/mol. The minimum absolute atomic E-state index is 0.0293. The highest BCUT2D eigenvalue weighted by Gasteiger charge is 2.12. The van der Waals surface area contributed by atoms with Crippen molar-refractivity contribution in [2.45, 2.75) is 52.7 Å². The predicted molar refractivity (Wildman–Crippen MR) is 114 cm³/mol. The van der Waals surface area contributed by atoms with Gasteiger partial charge in [-0.25, -0.2) is 0 Å². The van der Waals surface area contributed by atoms with Crippen molar-refractivity contribution in [2.24, 2.45) is 11.7 Å². The zero-order chi connectivity index (χ0) is 19.9. The van der Waals surface area contributed by atoms with Gasteiger partial charge in [0.2, 0.25) is 0 Å². The van der Waals surface area contributed by atoms with Crippen LogP contribution in [0, 0.1) is 5.92 Å². The number of allylic oxidation sites excluding steroid dienone is 7. The van der Waals surface area contributed by atoms with Gasteiger partial charge in [0.05, 0.1) is 12.2 Å². The molecule has 0 aromatic heterocycles. The van der Waals surface area contributed by atoms with Gasteiger partial charge in [0, 0.05) is 19.6 Å². The van der Waals surface area contributed by atoms with Gasteiger partial charge in [-0.15, -0.1) is 0 Å². The van der Waals surface area contributed by atoms with Gasteiger partial charge in [-0.2, -0.15) is 0 Å². The molecule has 0 bridgehead atoms. The molecule has 0 heterocycles. The molecule has 146 valence electrons. The maximum atomic E-state index is 10.4. The third kappa shape index (κ3) is 11.0. The van der Waals surface area contributed by atoms with Crippen LogP contribution in [0.4, 0.5) is 0 Å². The Hall–Kier alpha value is -1.68. The number of hydrogen-bond donors (Lipinski definition) is 2. The summed E-state index contributed by atoms with van der Waals surface area (Å²) in [6, 6.07) is 0. The molecular weight excluding hydrogens is 322 g/mol. The largest absolute Gasteiger partial charge is 0.388 e. The Labute approximate surface area is 160 Å². The first-order valence-corrected chi connectivity index (χ1v) is 9.24. The van der Waals surface area contributed by atoms with Crippen molar-refractivity contribution in [1.82, 2.24) is 0 Å². The number of methoxy groups -OCH3 is 1. The van der Waals surface area contributed by atoms with Gasteiger partial charge in [-0.3, -0.25) is 0 Å². The molecule has 0 amide bonds. The fraction of sp³-hybridized carbons (Fsp3) is 0.478. The molecule has 0 saturated heterocycles. The van der Waals surface area contributed by atoms with Crippen molar-refractivity contribution in [3.05, 3.63) is 71.9 Å². The van der Waals surface area contributed by atoms with Crippen molar-refractivity contribution in [1.29, 1.82) is 0 Å². The van der Waals surface area contributed by atoms with Crippen LogP contribution in [0.5, 0.6) is 0 Å². The number of nitrogens with two attached hydrogens (primary N) is 1. The summed E-state index contributed by atoms with van der Waals surface area (Å²) in [5.41, 5.74) is 8.77. The predicted octanol–water partition coefficient (Wildman–Crippen LogP) is 4.87. The maximum Gasteiger partial charge on any atom is 0.0810 e. The molecule has 0 saturated carbocycles. The Morgan fingerprint density at radius 1 is 1.15 bits per heavy atom. The van der Waals surface area contributed by atoms with E-state index < -0.39 is 6.10 Å². The second-order valence-corrected chi connectivity index (χ2v) is 6.71. The first kappa shape index (κ1) is 24.3. The minimum Gasteiger partial charge on any atom is -0.388 e. The minimum atomic E-state index is -0.508. The standard InChI is InChI=1S/C23H37NO2/c1-7-18(2)11-10-14-22(26-6)13-9-8-12-20(4)23(25)21(5)16-15-19(3)17-24/h7-9,11-13,15-16,20,22-23,25H,1,10,14,17,24H2,2-6H3/b12-8+,13-9+,18-11-,19-15+,21-16+/t20-,22+,23-/m0/s1. The van der Waals surface area contributed by atoms with Crippen LogP contribution in [0.1, 0.15) is 40.5 Å². The molecule has 0 unspecified atom stereocenters. The van der Waals surface area contributed by atoms with Crippen LogP contribution in [-0.2, 0) is 4.74 Å². The topological polar surface area (TPSA) is 55.5 Å². The molecule has 0 aromatic rings. The first-order valence-electron chi connectivity index (χ1n) is 9.24. The fourth-order valence-electron chi connectivity index (χ4n) is 2.24. The molecule has 0 fully saturated rings. The lowest BCUT2D eigenvalue weighted by atomic mass is 9.97. The molecule has 3 heteroatoms. The summed E-state index contributed by atoms with van der Waals surface area (Å²) in [6.45, 7) is 12.2. The molecule has 0 aromatic carbocycles. The number of aliphatic hydroxyl groups excluding tert-OH is 1. The van der Waals surface area contributed by atoms with Crippen LogP contribution in [-0.4, -0.2) is 31.0 Å². The van der Waals surface area contributed by atoms with E-state index in [4.69, 9.17) is 10.5 Å². The first-order chi connectivity index (χ1) is 12.3. The lowest BCUT2D eigenvalue weighted by Gasteiger charge is -2.16. The zero-order valence-electron chi connectivity index (χ0n) is 17.1. The van der Waals surface area contributed by atoms with E-state index >= 15 is 0 Å². The molecule has 0 aliphatic rings.